The summed E-state index contributed by atoms with van der Waals surface area (Å²) in [7, 11) is 0. The summed E-state index contributed by atoms with van der Waals surface area (Å²) in [5.74, 6) is -1.33. The van der Waals surface area contributed by atoms with E-state index in [1.54, 1.807) is 0 Å². The Morgan fingerprint density at radius 1 is 1.23 bits per heavy atom. The minimum atomic E-state index is -0.909. The molecule has 1 atom stereocenters. The van der Waals surface area contributed by atoms with Gasteiger partial charge in [-0.3, -0.25) is 14.5 Å². The van der Waals surface area contributed by atoms with Crippen LogP contribution in [0.4, 0.5) is 0 Å². The SMILES string of the molecule is C[C@@H](C(=O)NCCC(=O)O)c1ccc(CN2CC=CC2)cc1. The second-order valence-electron chi connectivity index (χ2n) is 5.56. The topological polar surface area (TPSA) is 69.6 Å². The van der Waals surface area contributed by atoms with E-state index in [2.05, 4.69) is 34.5 Å². The molecule has 5 heteroatoms. The van der Waals surface area contributed by atoms with Crippen LogP contribution in [0.15, 0.2) is 36.4 Å². The van der Waals surface area contributed by atoms with Crippen LogP contribution >= 0.6 is 0 Å². The Hall–Kier alpha value is -2.14. The summed E-state index contributed by atoms with van der Waals surface area (Å²) >= 11 is 0. The monoisotopic (exact) mass is 302 g/mol. The number of aliphatic carboxylic acids is 1. The molecule has 0 aromatic heterocycles. The molecule has 0 saturated heterocycles. The fraction of sp³-hybridized carbons (Fsp3) is 0.412. The Balaban J connectivity index is 1.85. The van der Waals surface area contributed by atoms with E-state index in [1.165, 1.54) is 5.56 Å². The van der Waals surface area contributed by atoms with E-state index in [0.29, 0.717) is 0 Å². The minimum Gasteiger partial charge on any atom is -0.481 e. The molecule has 2 rings (SSSR count). The Bertz CT molecular complexity index is 544. The number of rotatable bonds is 7. The number of nitrogens with zero attached hydrogens (tertiary/aromatic N) is 1. The summed E-state index contributed by atoms with van der Waals surface area (Å²) in [6.45, 7) is 4.88. The minimum absolute atomic E-state index is 0.0543. The number of hydrogen-bond acceptors (Lipinski definition) is 3. The van der Waals surface area contributed by atoms with Crippen molar-refractivity contribution in [1.82, 2.24) is 10.2 Å². The lowest BCUT2D eigenvalue weighted by Crippen LogP contribution is -2.30. The fourth-order valence-corrected chi connectivity index (χ4v) is 2.42. The highest BCUT2D eigenvalue weighted by molar-refractivity contribution is 5.83. The number of benzene rings is 1. The summed E-state index contributed by atoms with van der Waals surface area (Å²) in [5, 5.41) is 11.2. The van der Waals surface area contributed by atoms with E-state index in [1.807, 2.05) is 19.1 Å². The van der Waals surface area contributed by atoms with Gasteiger partial charge < -0.3 is 10.4 Å². The van der Waals surface area contributed by atoms with Crippen molar-refractivity contribution in [3.8, 4) is 0 Å². The molecule has 22 heavy (non-hydrogen) atoms. The number of hydrogen-bond donors (Lipinski definition) is 2. The average molecular weight is 302 g/mol. The first-order valence-electron chi connectivity index (χ1n) is 7.52. The first-order valence-corrected chi connectivity index (χ1v) is 7.52. The average Bonchev–Trinajstić information content (AvgIpc) is 3.00. The predicted molar refractivity (Wildman–Crippen MR) is 84.5 cm³/mol. The lowest BCUT2D eigenvalue weighted by Gasteiger charge is -2.16. The Morgan fingerprint density at radius 2 is 1.86 bits per heavy atom. The van der Waals surface area contributed by atoms with Gasteiger partial charge in [0.25, 0.3) is 0 Å². The molecule has 0 bridgehead atoms. The van der Waals surface area contributed by atoms with Gasteiger partial charge in [-0.15, -0.1) is 0 Å². The van der Waals surface area contributed by atoms with Crippen LogP contribution in [0.3, 0.4) is 0 Å². The molecule has 0 unspecified atom stereocenters. The number of carboxylic acids is 1. The second kappa shape index (κ2) is 7.75. The van der Waals surface area contributed by atoms with Gasteiger partial charge >= 0.3 is 5.97 Å². The third-order valence-corrected chi connectivity index (χ3v) is 3.81. The van der Waals surface area contributed by atoms with E-state index in [-0.39, 0.29) is 24.8 Å². The molecular formula is C17H22N2O3. The maximum Gasteiger partial charge on any atom is 0.305 e. The van der Waals surface area contributed by atoms with E-state index in [0.717, 1.165) is 25.2 Å². The van der Waals surface area contributed by atoms with Crippen molar-refractivity contribution in [3.63, 3.8) is 0 Å². The normalized spacial score (nSPS) is 15.7. The van der Waals surface area contributed by atoms with Gasteiger partial charge in [0.05, 0.1) is 12.3 Å². The van der Waals surface area contributed by atoms with Gasteiger partial charge in [-0.2, -0.15) is 0 Å². The summed E-state index contributed by atoms with van der Waals surface area (Å²) in [5.41, 5.74) is 2.17. The van der Waals surface area contributed by atoms with Gasteiger partial charge in [0.15, 0.2) is 0 Å². The lowest BCUT2D eigenvalue weighted by atomic mass is 9.99. The van der Waals surface area contributed by atoms with E-state index >= 15 is 0 Å². The third-order valence-electron chi connectivity index (χ3n) is 3.81. The van der Waals surface area contributed by atoms with Gasteiger partial charge in [-0.25, -0.2) is 0 Å². The van der Waals surface area contributed by atoms with Crippen molar-refractivity contribution in [2.45, 2.75) is 25.8 Å². The quantitative estimate of drug-likeness (QED) is 0.753. The maximum absolute atomic E-state index is 12.0. The molecule has 0 spiro atoms. The van der Waals surface area contributed by atoms with Crippen molar-refractivity contribution in [3.05, 3.63) is 47.5 Å². The van der Waals surface area contributed by atoms with Crippen molar-refractivity contribution < 1.29 is 14.7 Å². The molecular weight excluding hydrogens is 280 g/mol. The van der Waals surface area contributed by atoms with E-state index < -0.39 is 5.97 Å². The predicted octanol–water partition coefficient (Wildman–Crippen LogP) is 1.75. The standard InChI is InChI=1S/C17H22N2O3/c1-13(17(22)18-9-8-16(20)21)15-6-4-14(5-7-15)12-19-10-2-3-11-19/h2-7,13H,8-12H2,1H3,(H,18,22)(H,20,21)/t13-/m1/s1. The van der Waals surface area contributed by atoms with E-state index in [4.69, 9.17) is 5.11 Å². The highest BCUT2D eigenvalue weighted by Gasteiger charge is 2.15. The van der Waals surface area contributed by atoms with Crippen LogP contribution in [0, 0.1) is 0 Å². The molecule has 1 aromatic rings. The van der Waals surface area contributed by atoms with Gasteiger partial charge in [0, 0.05) is 26.2 Å². The highest BCUT2D eigenvalue weighted by atomic mass is 16.4. The van der Waals surface area contributed by atoms with Crippen LogP contribution in [-0.4, -0.2) is 41.5 Å². The highest BCUT2D eigenvalue weighted by Crippen LogP contribution is 2.17. The molecule has 2 N–H and O–H groups in total. The van der Waals surface area contributed by atoms with Crippen LogP contribution in [0.25, 0.3) is 0 Å². The Kier molecular flexibility index (Phi) is 5.72. The zero-order valence-corrected chi connectivity index (χ0v) is 12.8. The Morgan fingerprint density at radius 3 is 2.45 bits per heavy atom. The molecule has 0 fully saturated rings. The molecule has 1 aromatic carbocycles. The number of carboxylic acid groups (broad SMARTS) is 1. The van der Waals surface area contributed by atoms with Crippen molar-refractivity contribution in [2.24, 2.45) is 0 Å². The van der Waals surface area contributed by atoms with Crippen LogP contribution in [0.2, 0.25) is 0 Å². The zero-order valence-electron chi connectivity index (χ0n) is 12.8. The summed E-state index contributed by atoms with van der Waals surface area (Å²) in [6.07, 6.45) is 4.27. The van der Waals surface area contributed by atoms with Gasteiger partial charge in [-0.05, 0) is 18.1 Å². The fourth-order valence-electron chi connectivity index (χ4n) is 2.42. The first kappa shape index (κ1) is 16.2. The van der Waals surface area contributed by atoms with Crippen molar-refractivity contribution in [1.29, 1.82) is 0 Å². The van der Waals surface area contributed by atoms with Crippen LogP contribution in [-0.2, 0) is 16.1 Å². The van der Waals surface area contributed by atoms with Crippen molar-refractivity contribution in [2.75, 3.05) is 19.6 Å². The molecule has 1 heterocycles. The largest absolute Gasteiger partial charge is 0.481 e. The first-order chi connectivity index (χ1) is 10.6. The molecule has 0 aliphatic carbocycles. The summed E-state index contributed by atoms with van der Waals surface area (Å²) in [6, 6.07) is 8.05. The van der Waals surface area contributed by atoms with Gasteiger partial charge in [0.1, 0.15) is 0 Å². The number of nitrogens with one attached hydrogen (secondary N) is 1. The summed E-state index contributed by atoms with van der Waals surface area (Å²) < 4.78 is 0. The summed E-state index contributed by atoms with van der Waals surface area (Å²) in [4.78, 5) is 24.7. The molecule has 1 amide bonds. The molecule has 118 valence electrons. The second-order valence-corrected chi connectivity index (χ2v) is 5.56. The van der Waals surface area contributed by atoms with Crippen molar-refractivity contribution >= 4 is 11.9 Å². The molecule has 1 aliphatic heterocycles. The van der Waals surface area contributed by atoms with Gasteiger partial charge in [0.2, 0.25) is 5.91 Å². The molecule has 5 nitrogen and oxygen atoms in total. The smallest absolute Gasteiger partial charge is 0.305 e. The number of carbonyl (C=O) groups is 2. The zero-order chi connectivity index (χ0) is 15.9. The van der Waals surface area contributed by atoms with Crippen LogP contribution in [0.1, 0.15) is 30.4 Å². The van der Waals surface area contributed by atoms with Gasteiger partial charge in [-0.1, -0.05) is 36.4 Å². The number of amides is 1. The molecule has 0 radical (unpaired) electrons. The van der Waals surface area contributed by atoms with Crippen LogP contribution < -0.4 is 5.32 Å². The maximum atomic E-state index is 12.0. The molecule has 0 saturated carbocycles. The molecule has 1 aliphatic rings. The third kappa shape index (κ3) is 4.70. The lowest BCUT2D eigenvalue weighted by molar-refractivity contribution is -0.136. The Labute approximate surface area is 130 Å². The van der Waals surface area contributed by atoms with Crippen LogP contribution in [0.5, 0.6) is 0 Å². The number of carbonyl (C=O) groups excluding carboxylic acids is 1. The van der Waals surface area contributed by atoms with E-state index in [9.17, 15) is 9.59 Å².